The third-order valence-corrected chi connectivity index (χ3v) is 5.02. The van der Waals surface area contributed by atoms with Gasteiger partial charge in [-0.1, -0.05) is 28.1 Å². The number of benzene rings is 2. The maximum Gasteiger partial charge on any atom is 0.307 e. The molecule has 0 aliphatic carbocycles. The molecule has 1 N–H and O–H groups in total. The van der Waals surface area contributed by atoms with Crippen LogP contribution in [0.2, 0.25) is 0 Å². The van der Waals surface area contributed by atoms with Crippen molar-refractivity contribution in [2.75, 3.05) is 14.2 Å². The van der Waals surface area contributed by atoms with Crippen molar-refractivity contribution in [3.63, 3.8) is 0 Å². The quantitative estimate of drug-likeness (QED) is 0.563. The molecule has 0 saturated carbocycles. The summed E-state index contributed by atoms with van der Waals surface area (Å²) in [5, 5.41) is 3.74. The summed E-state index contributed by atoms with van der Waals surface area (Å²) in [4.78, 5) is 24.8. The molecule has 146 valence electrons. The number of nitrogens with one attached hydrogen (secondary N) is 1. The molecule has 6 nitrogen and oxygen atoms in total. The fourth-order valence-corrected chi connectivity index (χ4v) is 3.33. The van der Waals surface area contributed by atoms with Gasteiger partial charge in [0.05, 0.1) is 26.7 Å². The Morgan fingerprint density at radius 2 is 1.86 bits per heavy atom. The van der Waals surface area contributed by atoms with E-state index >= 15 is 0 Å². The van der Waals surface area contributed by atoms with E-state index in [4.69, 9.17) is 13.9 Å². The molecule has 0 aliphatic rings. The number of esters is 1. The first-order chi connectivity index (χ1) is 13.4. The molecule has 1 unspecified atom stereocenters. The van der Waals surface area contributed by atoms with Crippen molar-refractivity contribution in [1.82, 2.24) is 5.32 Å². The fraction of sp³-hybridized carbons (Fsp3) is 0.238. The molecule has 0 aliphatic heterocycles. The lowest BCUT2D eigenvalue weighted by Crippen LogP contribution is -2.30. The molecule has 2 aromatic carbocycles. The lowest BCUT2D eigenvalue weighted by molar-refractivity contribution is -0.141. The first-order valence-corrected chi connectivity index (χ1v) is 9.42. The highest BCUT2D eigenvalue weighted by Crippen LogP contribution is 2.29. The number of ether oxygens (including phenoxy) is 2. The largest absolute Gasteiger partial charge is 0.497 e. The SMILES string of the molecule is COC(=O)CC(NC(=O)c1oc2ccc(Br)cc2c1C)c1ccc(OC)cc1. The normalized spacial score (nSPS) is 11.9. The second kappa shape index (κ2) is 8.48. The molecule has 3 rings (SSSR count). The predicted octanol–water partition coefficient (Wildman–Crippen LogP) is 4.55. The third-order valence-electron chi connectivity index (χ3n) is 4.53. The Kier molecular flexibility index (Phi) is 6.04. The number of hydrogen-bond donors (Lipinski definition) is 1. The topological polar surface area (TPSA) is 77.8 Å². The summed E-state index contributed by atoms with van der Waals surface area (Å²) < 4.78 is 16.6. The predicted molar refractivity (Wildman–Crippen MR) is 108 cm³/mol. The van der Waals surface area contributed by atoms with Gasteiger partial charge in [0.15, 0.2) is 5.76 Å². The van der Waals surface area contributed by atoms with Gasteiger partial charge in [-0.05, 0) is 42.8 Å². The number of fused-ring (bicyclic) bond motifs is 1. The smallest absolute Gasteiger partial charge is 0.307 e. The summed E-state index contributed by atoms with van der Waals surface area (Å²) >= 11 is 3.43. The zero-order valence-corrected chi connectivity index (χ0v) is 17.3. The number of methoxy groups -OCH3 is 2. The maximum atomic E-state index is 12.9. The van der Waals surface area contributed by atoms with Gasteiger partial charge in [-0.3, -0.25) is 9.59 Å². The average Bonchev–Trinajstić information content (AvgIpc) is 3.03. The molecule has 1 atom stereocenters. The summed E-state index contributed by atoms with van der Waals surface area (Å²) in [7, 11) is 2.89. The van der Waals surface area contributed by atoms with Gasteiger partial charge in [0.1, 0.15) is 11.3 Å². The highest BCUT2D eigenvalue weighted by Gasteiger charge is 2.24. The minimum atomic E-state index is -0.565. The highest BCUT2D eigenvalue weighted by molar-refractivity contribution is 9.10. The molecule has 3 aromatic rings. The fourth-order valence-electron chi connectivity index (χ4n) is 2.97. The minimum absolute atomic E-state index is 0.000602. The minimum Gasteiger partial charge on any atom is -0.497 e. The number of carbonyl (C=O) groups is 2. The lowest BCUT2D eigenvalue weighted by atomic mass is 10.0. The number of halogens is 1. The van der Waals surface area contributed by atoms with Crippen LogP contribution in [0.25, 0.3) is 11.0 Å². The Labute approximate surface area is 170 Å². The molecule has 1 heterocycles. The van der Waals surface area contributed by atoms with Crippen LogP contribution in [0.5, 0.6) is 5.75 Å². The van der Waals surface area contributed by atoms with Gasteiger partial charge in [0.25, 0.3) is 5.91 Å². The van der Waals surface area contributed by atoms with Gasteiger partial charge >= 0.3 is 5.97 Å². The molecular weight excluding hydrogens is 426 g/mol. The van der Waals surface area contributed by atoms with E-state index in [1.165, 1.54) is 7.11 Å². The summed E-state index contributed by atoms with van der Waals surface area (Å²) in [6, 6.07) is 12.1. The number of hydrogen-bond acceptors (Lipinski definition) is 5. The molecule has 28 heavy (non-hydrogen) atoms. The van der Waals surface area contributed by atoms with Crippen LogP contribution >= 0.6 is 15.9 Å². The molecule has 0 bridgehead atoms. The van der Waals surface area contributed by atoms with E-state index < -0.39 is 17.9 Å². The van der Waals surface area contributed by atoms with E-state index in [0.29, 0.717) is 11.3 Å². The number of rotatable bonds is 6. The van der Waals surface area contributed by atoms with Crippen molar-refractivity contribution in [3.05, 3.63) is 63.8 Å². The Morgan fingerprint density at radius 1 is 1.14 bits per heavy atom. The van der Waals surface area contributed by atoms with E-state index in [1.807, 2.05) is 19.1 Å². The summed E-state index contributed by atoms with van der Waals surface area (Å²) in [5.74, 6) is 0.0861. The van der Waals surface area contributed by atoms with E-state index in [2.05, 4.69) is 21.2 Å². The molecule has 7 heteroatoms. The molecular formula is C21H20BrNO5. The summed E-state index contributed by atoms with van der Waals surface area (Å²) in [6.07, 6.45) is -0.000602. The molecule has 1 aromatic heterocycles. The Bertz CT molecular complexity index is 1010. The third kappa shape index (κ3) is 4.20. The molecule has 0 radical (unpaired) electrons. The van der Waals surface area contributed by atoms with Crippen LogP contribution < -0.4 is 10.1 Å². The average molecular weight is 446 g/mol. The zero-order chi connectivity index (χ0) is 20.3. The van der Waals surface area contributed by atoms with Gasteiger partial charge in [-0.25, -0.2) is 0 Å². The van der Waals surface area contributed by atoms with E-state index in [0.717, 1.165) is 21.0 Å². The van der Waals surface area contributed by atoms with E-state index in [9.17, 15) is 9.59 Å². The zero-order valence-electron chi connectivity index (χ0n) is 15.7. The second-order valence-corrected chi connectivity index (χ2v) is 7.19. The number of amides is 1. The van der Waals surface area contributed by atoms with E-state index in [-0.39, 0.29) is 12.2 Å². The van der Waals surface area contributed by atoms with Gasteiger partial charge in [0.2, 0.25) is 0 Å². The highest BCUT2D eigenvalue weighted by atomic mass is 79.9. The number of carbonyl (C=O) groups excluding carboxylic acids is 2. The second-order valence-electron chi connectivity index (χ2n) is 6.28. The standard InChI is InChI=1S/C21H20BrNO5/c1-12-16-10-14(22)6-9-18(16)28-20(12)21(25)23-17(11-19(24)27-3)13-4-7-15(26-2)8-5-13/h4-10,17H,11H2,1-3H3,(H,23,25). The van der Waals surface area contributed by atoms with Crippen LogP contribution in [-0.4, -0.2) is 26.1 Å². The van der Waals surface area contributed by atoms with E-state index in [1.54, 1.807) is 37.4 Å². The van der Waals surface area contributed by atoms with Crippen molar-refractivity contribution >= 4 is 38.8 Å². The van der Waals surface area contributed by atoms with Crippen molar-refractivity contribution in [3.8, 4) is 5.75 Å². The van der Waals surface area contributed by atoms with Crippen molar-refractivity contribution < 1.29 is 23.5 Å². The molecule has 0 fully saturated rings. The molecule has 0 saturated heterocycles. The Balaban J connectivity index is 1.90. The molecule has 1 amide bonds. The van der Waals surface area contributed by atoms with Gasteiger partial charge < -0.3 is 19.2 Å². The lowest BCUT2D eigenvalue weighted by Gasteiger charge is -2.18. The summed E-state index contributed by atoms with van der Waals surface area (Å²) in [5.41, 5.74) is 2.12. The van der Waals surface area contributed by atoms with Crippen LogP contribution in [0.3, 0.4) is 0 Å². The van der Waals surface area contributed by atoms with Gasteiger partial charge in [0, 0.05) is 15.4 Å². The van der Waals surface area contributed by atoms with Crippen LogP contribution in [0.4, 0.5) is 0 Å². The Hall–Kier alpha value is -2.80. The maximum absolute atomic E-state index is 12.9. The first kappa shape index (κ1) is 19.9. The summed E-state index contributed by atoms with van der Waals surface area (Å²) in [6.45, 7) is 1.83. The van der Waals surface area contributed by atoms with Crippen LogP contribution in [0.1, 0.15) is 34.1 Å². The van der Waals surface area contributed by atoms with Crippen molar-refractivity contribution in [2.45, 2.75) is 19.4 Å². The van der Waals surface area contributed by atoms with Gasteiger partial charge in [-0.15, -0.1) is 0 Å². The van der Waals surface area contributed by atoms with Crippen LogP contribution in [0, 0.1) is 6.92 Å². The number of furan rings is 1. The van der Waals surface area contributed by atoms with Crippen molar-refractivity contribution in [1.29, 1.82) is 0 Å². The first-order valence-electron chi connectivity index (χ1n) is 8.63. The van der Waals surface area contributed by atoms with Crippen molar-refractivity contribution in [2.24, 2.45) is 0 Å². The Morgan fingerprint density at radius 3 is 2.50 bits per heavy atom. The number of aryl methyl sites for hydroxylation is 1. The monoisotopic (exact) mass is 445 g/mol. The van der Waals surface area contributed by atoms with Crippen LogP contribution in [-0.2, 0) is 9.53 Å². The van der Waals surface area contributed by atoms with Gasteiger partial charge in [-0.2, -0.15) is 0 Å². The molecule has 0 spiro atoms. The van der Waals surface area contributed by atoms with Crippen LogP contribution in [0.15, 0.2) is 51.4 Å².